The predicted octanol–water partition coefficient (Wildman–Crippen LogP) is 1.01. The van der Waals surface area contributed by atoms with Crippen molar-refractivity contribution < 1.29 is 9.59 Å². The maximum absolute atomic E-state index is 11.9. The van der Waals surface area contributed by atoms with E-state index in [0.717, 1.165) is 6.42 Å². The molecule has 0 aromatic heterocycles. The van der Waals surface area contributed by atoms with Gasteiger partial charge in [0, 0.05) is 26.1 Å². The molecule has 2 unspecified atom stereocenters. The second kappa shape index (κ2) is 10.0. The first-order valence-corrected chi connectivity index (χ1v) is 6.59. The first-order chi connectivity index (χ1) is 8.31. The Bertz CT molecular complexity index is 285. The number of hydrogen-bond donors (Lipinski definition) is 2. The number of halogens is 1. The van der Waals surface area contributed by atoms with E-state index in [2.05, 4.69) is 5.32 Å². The lowest BCUT2D eigenvalue weighted by atomic mass is 9.99. The summed E-state index contributed by atoms with van der Waals surface area (Å²) in [4.78, 5) is 24.9. The number of hydrogen-bond acceptors (Lipinski definition) is 3. The van der Waals surface area contributed by atoms with Gasteiger partial charge in [0.15, 0.2) is 0 Å². The van der Waals surface area contributed by atoms with Crippen LogP contribution >= 0.6 is 12.4 Å². The largest absolute Gasteiger partial charge is 0.354 e. The summed E-state index contributed by atoms with van der Waals surface area (Å²) in [5, 5.41) is 2.78. The fourth-order valence-corrected chi connectivity index (χ4v) is 1.41. The molecule has 0 aliphatic carbocycles. The summed E-state index contributed by atoms with van der Waals surface area (Å²) in [6.07, 6.45) is 0.880. The molecule has 6 heteroatoms. The van der Waals surface area contributed by atoms with E-state index >= 15 is 0 Å². The number of nitrogens with two attached hydrogens (primary N) is 1. The SMILES string of the molecule is CCC(C)C(N)C(=O)N(C)CCNC(=O)C(C)C.Cl. The van der Waals surface area contributed by atoms with E-state index in [-0.39, 0.29) is 36.1 Å². The van der Waals surface area contributed by atoms with Crippen LogP contribution in [0.15, 0.2) is 0 Å². The van der Waals surface area contributed by atoms with E-state index in [1.165, 1.54) is 0 Å². The molecule has 0 fully saturated rings. The lowest BCUT2D eigenvalue weighted by Crippen LogP contribution is -2.47. The third kappa shape index (κ3) is 7.38. The molecule has 2 atom stereocenters. The van der Waals surface area contributed by atoms with Crippen LogP contribution in [0.25, 0.3) is 0 Å². The Hall–Kier alpha value is -0.810. The first kappa shape index (κ1) is 20.5. The summed E-state index contributed by atoms with van der Waals surface area (Å²) in [6.45, 7) is 8.61. The van der Waals surface area contributed by atoms with Crippen molar-refractivity contribution in [2.45, 2.75) is 40.2 Å². The summed E-state index contributed by atoms with van der Waals surface area (Å²) >= 11 is 0. The smallest absolute Gasteiger partial charge is 0.239 e. The average Bonchev–Trinajstić information content (AvgIpc) is 2.35. The predicted molar refractivity (Wildman–Crippen MR) is 80.2 cm³/mol. The zero-order chi connectivity index (χ0) is 14.3. The molecule has 0 rings (SSSR count). The fourth-order valence-electron chi connectivity index (χ4n) is 1.41. The molecule has 5 nitrogen and oxygen atoms in total. The van der Waals surface area contributed by atoms with Gasteiger partial charge < -0.3 is 16.0 Å². The maximum Gasteiger partial charge on any atom is 0.239 e. The normalized spacial score (nSPS) is 13.4. The summed E-state index contributed by atoms with van der Waals surface area (Å²) in [5.74, 6) is 0.0730. The van der Waals surface area contributed by atoms with Crippen LogP contribution < -0.4 is 11.1 Å². The number of carbonyl (C=O) groups is 2. The Labute approximate surface area is 122 Å². The number of nitrogens with one attached hydrogen (secondary N) is 1. The van der Waals surface area contributed by atoms with Crippen molar-refractivity contribution in [2.24, 2.45) is 17.6 Å². The van der Waals surface area contributed by atoms with Crippen molar-refractivity contribution in [1.29, 1.82) is 0 Å². The van der Waals surface area contributed by atoms with E-state index < -0.39 is 6.04 Å². The molecular weight excluding hydrogens is 266 g/mol. The van der Waals surface area contributed by atoms with Gasteiger partial charge in [0.2, 0.25) is 11.8 Å². The van der Waals surface area contributed by atoms with Crippen molar-refractivity contribution in [3.05, 3.63) is 0 Å². The molecule has 0 aromatic carbocycles. The Morgan fingerprint density at radius 2 is 1.79 bits per heavy atom. The standard InChI is InChI=1S/C13H27N3O2.ClH/c1-6-10(4)11(14)13(18)16(5)8-7-15-12(17)9(2)3;/h9-11H,6-8,14H2,1-5H3,(H,15,17);1H. The molecule has 0 aliphatic rings. The number of likely N-dealkylation sites (N-methyl/N-ethyl adjacent to an activating group) is 1. The van der Waals surface area contributed by atoms with Gasteiger partial charge in [-0.05, 0) is 5.92 Å². The van der Waals surface area contributed by atoms with E-state index in [1.807, 2.05) is 27.7 Å². The molecule has 19 heavy (non-hydrogen) atoms. The second-order valence-corrected chi connectivity index (χ2v) is 5.12. The number of rotatable bonds is 7. The molecule has 0 saturated heterocycles. The fraction of sp³-hybridized carbons (Fsp3) is 0.846. The molecule has 0 aliphatic heterocycles. The van der Waals surface area contributed by atoms with Gasteiger partial charge in [-0.1, -0.05) is 34.1 Å². The Balaban J connectivity index is 0. The van der Waals surface area contributed by atoms with Crippen LogP contribution in [0.4, 0.5) is 0 Å². The second-order valence-electron chi connectivity index (χ2n) is 5.12. The highest BCUT2D eigenvalue weighted by Gasteiger charge is 2.22. The quantitative estimate of drug-likeness (QED) is 0.736. The Morgan fingerprint density at radius 3 is 2.21 bits per heavy atom. The van der Waals surface area contributed by atoms with Crippen LogP contribution in [-0.4, -0.2) is 42.9 Å². The molecule has 3 N–H and O–H groups in total. The topological polar surface area (TPSA) is 75.4 Å². The van der Waals surface area contributed by atoms with Crippen molar-refractivity contribution in [2.75, 3.05) is 20.1 Å². The van der Waals surface area contributed by atoms with Gasteiger partial charge in [-0.3, -0.25) is 9.59 Å². The van der Waals surface area contributed by atoms with Crippen molar-refractivity contribution in [1.82, 2.24) is 10.2 Å². The summed E-state index contributed by atoms with van der Waals surface area (Å²) < 4.78 is 0. The van der Waals surface area contributed by atoms with Gasteiger partial charge in [-0.15, -0.1) is 12.4 Å². The monoisotopic (exact) mass is 293 g/mol. The zero-order valence-electron chi connectivity index (χ0n) is 12.6. The highest BCUT2D eigenvalue weighted by atomic mass is 35.5. The average molecular weight is 294 g/mol. The van der Waals surface area contributed by atoms with Crippen molar-refractivity contribution in [3.8, 4) is 0 Å². The highest BCUT2D eigenvalue weighted by Crippen LogP contribution is 2.07. The van der Waals surface area contributed by atoms with Gasteiger partial charge >= 0.3 is 0 Å². The molecule has 2 amide bonds. The molecular formula is C13H28ClN3O2. The molecule has 0 radical (unpaired) electrons. The van der Waals surface area contributed by atoms with Crippen molar-refractivity contribution in [3.63, 3.8) is 0 Å². The van der Waals surface area contributed by atoms with E-state index in [4.69, 9.17) is 5.73 Å². The number of amides is 2. The first-order valence-electron chi connectivity index (χ1n) is 6.59. The van der Waals surface area contributed by atoms with Crippen LogP contribution in [0.5, 0.6) is 0 Å². The van der Waals surface area contributed by atoms with Gasteiger partial charge in [0.05, 0.1) is 6.04 Å². The van der Waals surface area contributed by atoms with Crippen LogP contribution in [0, 0.1) is 11.8 Å². The minimum atomic E-state index is -0.458. The van der Waals surface area contributed by atoms with Gasteiger partial charge in [0.25, 0.3) is 0 Å². The van der Waals surface area contributed by atoms with Crippen LogP contribution in [-0.2, 0) is 9.59 Å². The maximum atomic E-state index is 11.9. The third-order valence-electron chi connectivity index (χ3n) is 3.19. The molecule has 0 aromatic rings. The van der Waals surface area contributed by atoms with Gasteiger partial charge in [-0.25, -0.2) is 0 Å². The minimum Gasteiger partial charge on any atom is -0.354 e. The van der Waals surface area contributed by atoms with Crippen LogP contribution in [0.1, 0.15) is 34.1 Å². The minimum absolute atomic E-state index is 0. The van der Waals surface area contributed by atoms with Gasteiger partial charge in [0.1, 0.15) is 0 Å². The lowest BCUT2D eigenvalue weighted by Gasteiger charge is -2.24. The highest BCUT2D eigenvalue weighted by molar-refractivity contribution is 5.85. The summed E-state index contributed by atoms with van der Waals surface area (Å²) in [6, 6.07) is -0.458. The van der Waals surface area contributed by atoms with Crippen LogP contribution in [0.2, 0.25) is 0 Å². The Morgan fingerprint density at radius 1 is 1.26 bits per heavy atom. The molecule has 0 saturated carbocycles. The lowest BCUT2D eigenvalue weighted by molar-refractivity contribution is -0.133. The molecule has 0 bridgehead atoms. The Kier molecular flexibility index (Phi) is 10.8. The molecule has 0 spiro atoms. The van der Waals surface area contributed by atoms with Crippen LogP contribution in [0.3, 0.4) is 0 Å². The van der Waals surface area contributed by atoms with E-state index in [0.29, 0.717) is 13.1 Å². The van der Waals surface area contributed by atoms with Gasteiger partial charge in [-0.2, -0.15) is 0 Å². The van der Waals surface area contributed by atoms with Crippen molar-refractivity contribution >= 4 is 24.2 Å². The molecule has 114 valence electrons. The van der Waals surface area contributed by atoms with E-state index in [1.54, 1.807) is 11.9 Å². The number of nitrogens with zero attached hydrogens (tertiary/aromatic N) is 1. The summed E-state index contributed by atoms with van der Waals surface area (Å²) in [7, 11) is 1.71. The molecule has 0 heterocycles. The van der Waals surface area contributed by atoms with E-state index in [9.17, 15) is 9.59 Å². The number of carbonyl (C=O) groups excluding carboxylic acids is 2. The summed E-state index contributed by atoms with van der Waals surface area (Å²) in [5.41, 5.74) is 5.87. The zero-order valence-corrected chi connectivity index (χ0v) is 13.4. The third-order valence-corrected chi connectivity index (χ3v) is 3.19.